The van der Waals surface area contributed by atoms with Gasteiger partial charge in [0.05, 0.1) is 26.4 Å². The van der Waals surface area contributed by atoms with E-state index < -0.39 is 15.9 Å². The molecule has 182 valence electrons. The summed E-state index contributed by atoms with van der Waals surface area (Å²) in [5.41, 5.74) is 3.21. The Morgan fingerprint density at radius 1 is 0.917 bits per heavy atom. The molecule has 6 nitrogen and oxygen atoms in total. The molecule has 0 aliphatic rings. The monoisotopic (exact) mass is 553 g/mol. The van der Waals surface area contributed by atoms with Gasteiger partial charge in [-0.25, -0.2) is 13.4 Å². The van der Waals surface area contributed by atoms with Crippen molar-refractivity contribution in [2.24, 2.45) is 0 Å². The Bertz CT molecular complexity index is 1670. The summed E-state index contributed by atoms with van der Waals surface area (Å²) in [6.45, 7) is 4.01. The summed E-state index contributed by atoms with van der Waals surface area (Å²) in [7, 11) is -3.92. The molecular formula is C26H20ClN3O3S3. The van der Waals surface area contributed by atoms with Crippen LogP contribution < -0.4 is 10.0 Å². The normalized spacial score (nSPS) is 11.5. The number of aryl methyl sites for hydroxylation is 1. The highest BCUT2D eigenvalue weighted by Crippen LogP contribution is 2.43. The number of aromatic nitrogens is 1. The van der Waals surface area contributed by atoms with Crippen molar-refractivity contribution in [3.63, 3.8) is 0 Å². The molecule has 0 saturated heterocycles. The van der Waals surface area contributed by atoms with Crippen LogP contribution in [0.5, 0.6) is 0 Å². The quantitative estimate of drug-likeness (QED) is 0.230. The summed E-state index contributed by atoms with van der Waals surface area (Å²) in [6, 6.07) is 20.2. The standard InChI is InChI=1S/C26H20ClN3O3S3/c1-15-16(2)34-26(23(15)25-28-21-9-5-6-10-22(21)35-25)29-24(31)19-7-3-4-8-20(19)30-36(32,33)18-13-11-17(27)12-14-18/h3-14,30H,1-2H3,(H,29,31). The highest BCUT2D eigenvalue weighted by atomic mass is 35.5. The van der Waals surface area contributed by atoms with Crippen molar-refractivity contribution in [1.29, 1.82) is 0 Å². The Balaban J connectivity index is 1.47. The molecule has 10 heteroatoms. The lowest BCUT2D eigenvalue weighted by Crippen LogP contribution is -2.18. The van der Waals surface area contributed by atoms with Crippen LogP contribution in [0.4, 0.5) is 10.7 Å². The number of nitrogens with zero attached hydrogens (tertiary/aromatic N) is 1. The van der Waals surface area contributed by atoms with E-state index in [1.165, 1.54) is 35.6 Å². The van der Waals surface area contributed by atoms with Crippen LogP contribution in [-0.2, 0) is 10.0 Å². The molecule has 5 rings (SSSR count). The van der Waals surface area contributed by atoms with Crippen LogP contribution in [0.15, 0.2) is 77.7 Å². The van der Waals surface area contributed by atoms with E-state index in [0.29, 0.717) is 10.0 Å². The fourth-order valence-corrected chi connectivity index (χ4v) is 7.11. The van der Waals surface area contributed by atoms with Gasteiger partial charge in [-0.1, -0.05) is 35.9 Å². The van der Waals surface area contributed by atoms with E-state index in [0.717, 1.165) is 31.2 Å². The predicted molar refractivity (Wildman–Crippen MR) is 149 cm³/mol. The molecule has 0 bridgehead atoms. The van der Waals surface area contributed by atoms with Crippen LogP contribution in [-0.4, -0.2) is 19.3 Å². The van der Waals surface area contributed by atoms with E-state index in [1.807, 2.05) is 38.1 Å². The number of sulfonamides is 1. The van der Waals surface area contributed by atoms with Gasteiger partial charge in [0.25, 0.3) is 15.9 Å². The lowest BCUT2D eigenvalue weighted by Gasteiger charge is -2.13. The van der Waals surface area contributed by atoms with Gasteiger partial charge in [-0.15, -0.1) is 22.7 Å². The van der Waals surface area contributed by atoms with Gasteiger partial charge in [0.2, 0.25) is 0 Å². The molecule has 0 fully saturated rings. The topological polar surface area (TPSA) is 88.2 Å². The molecule has 2 N–H and O–H groups in total. The predicted octanol–water partition coefficient (Wildman–Crippen LogP) is 7.35. The van der Waals surface area contributed by atoms with Crippen LogP contribution in [0.2, 0.25) is 5.02 Å². The molecule has 2 aromatic heterocycles. The van der Waals surface area contributed by atoms with E-state index >= 15 is 0 Å². The molecule has 0 saturated carbocycles. The number of hydrogen-bond donors (Lipinski definition) is 2. The van der Waals surface area contributed by atoms with E-state index in [-0.39, 0.29) is 16.1 Å². The highest BCUT2D eigenvalue weighted by molar-refractivity contribution is 7.92. The van der Waals surface area contributed by atoms with Gasteiger partial charge in [0.1, 0.15) is 10.0 Å². The number of halogens is 1. The molecule has 1 amide bonds. The summed E-state index contributed by atoms with van der Waals surface area (Å²) >= 11 is 8.92. The molecule has 2 heterocycles. The van der Waals surface area contributed by atoms with Crippen molar-refractivity contribution < 1.29 is 13.2 Å². The number of amides is 1. The van der Waals surface area contributed by atoms with Crippen LogP contribution in [0.25, 0.3) is 20.8 Å². The second-order valence-electron chi connectivity index (χ2n) is 8.03. The minimum absolute atomic E-state index is 0.0461. The van der Waals surface area contributed by atoms with Gasteiger partial charge in [0.15, 0.2) is 0 Å². The number of rotatable bonds is 6. The third kappa shape index (κ3) is 4.75. The van der Waals surface area contributed by atoms with E-state index in [2.05, 4.69) is 10.0 Å². The first-order valence-electron chi connectivity index (χ1n) is 10.9. The van der Waals surface area contributed by atoms with Gasteiger partial charge in [-0.3, -0.25) is 9.52 Å². The van der Waals surface area contributed by atoms with Crippen molar-refractivity contribution >= 4 is 71.1 Å². The number of para-hydroxylation sites is 2. The second-order valence-corrected chi connectivity index (χ2v) is 12.4. The zero-order valence-electron chi connectivity index (χ0n) is 19.2. The summed E-state index contributed by atoms with van der Waals surface area (Å²) in [5, 5.41) is 4.92. The molecule has 5 aromatic rings. The number of carbonyl (C=O) groups is 1. The average molecular weight is 554 g/mol. The molecular weight excluding hydrogens is 534 g/mol. The maximum atomic E-state index is 13.4. The highest BCUT2D eigenvalue weighted by Gasteiger charge is 2.23. The molecule has 0 aliphatic heterocycles. The SMILES string of the molecule is Cc1sc(NC(=O)c2ccccc2NS(=O)(=O)c2ccc(Cl)cc2)c(-c2nc3ccccc3s2)c1C. The van der Waals surface area contributed by atoms with Crippen molar-refractivity contribution in [3.05, 3.63) is 93.8 Å². The number of carbonyl (C=O) groups excluding carboxylic acids is 1. The third-order valence-electron chi connectivity index (χ3n) is 5.66. The van der Waals surface area contributed by atoms with Crippen molar-refractivity contribution in [3.8, 4) is 10.6 Å². The Hall–Kier alpha value is -3.24. The Morgan fingerprint density at radius 2 is 1.61 bits per heavy atom. The summed E-state index contributed by atoms with van der Waals surface area (Å²) in [5.74, 6) is -0.423. The molecule has 0 unspecified atom stereocenters. The fraction of sp³-hybridized carbons (Fsp3) is 0.0769. The fourth-order valence-electron chi connectivity index (χ4n) is 3.71. The Kier molecular flexibility index (Phi) is 6.57. The van der Waals surface area contributed by atoms with Crippen molar-refractivity contribution in [1.82, 2.24) is 4.98 Å². The van der Waals surface area contributed by atoms with Crippen LogP contribution in [0.3, 0.4) is 0 Å². The number of nitrogens with one attached hydrogen (secondary N) is 2. The number of benzene rings is 3. The second kappa shape index (κ2) is 9.67. The molecule has 0 radical (unpaired) electrons. The lowest BCUT2D eigenvalue weighted by molar-refractivity contribution is 0.102. The molecule has 36 heavy (non-hydrogen) atoms. The van der Waals surface area contributed by atoms with Crippen LogP contribution in [0, 0.1) is 13.8 Å². The minimum Gasteiger partial charge on any atom is -0.313 e. The Morgan fingerprint density at radius 3 is 2.36 bits per heavy atom. The third-order valence-corrected chi connectivity index (χ3v) is 9.47. The number of fused-ring (bicyclic) bond motifs is 1. The first-order chi connectivity index (χ1) is 17.2. The molecule has 0 aliphatic carbocycles. The van der Waals surface area contributed by atoms with Crippen molar-refractivity contribution in [2.45, 2.75) is 18.7 Å². The number of anilines is 2. The first kappa shape index (κ1) is 24.5. The van der Waals surface area contributed by atoms with Crippen LogP contribution in [0.1, 0.15) is 20.8 Å². The van der Waals surface area contributed by atoms with Crippen LogP contribution >= 0.6 is 34.3 Å². The number of thiophene rings is 1. The van der Waals surface area contributed by atoms with Gasteiger partial charge in [-0.05, 0) is 67.9 Å². The molecule has 0 spiro atoms. The summed E-state index contributed by atoms with van der Waals surface area (Å²) in [4.78, 5) is 19.3. The van der Waals surface area contributed by atoms with E-state index in [4.69, 9.17) is 16.6 Å². The van der Waals surface area contributed by atoms with Crippen molar-refractivity contribution in [2.75, 3.05) is 10.0 Å². The van der Waals surface area contributed by atoms with Gasteiger partial charge >= 0.3 is 0 Å². The number of thiazole rings is 1. The number of hydrogen-bond acceptors (Lipinski definition) is 6. The van der Waals surface area contributed by atoms with Gasteiger partial charge in [0, 0.05) is 15.5 Å². The first-order valence-corrected chi connectivity index (χ1v) is 14.4. The smallest absolute Gasteiger partial charge is 0.261 e. The van der Waals surface area contributed by atoms with E-state index in [1.54, 1.807) is 35.6 Å². The largest absolute Gasteiger partial charge is 0.313 e. The maximum Gasteiger partial charge on any atom is 0.261 e. The molecule has 3 aromatic carbocycles. The average Bonchev–Trinajstić information content (AvgIpc) is 3.39. The van der Waals surface area contributed by atoms with E-state index in [9.17, 15) is 13.2 Å². The zero-order chi connectivity index (χ0) is 25.4. The van der Waals surface area contributed by atoms with Gasteiger partial charge < -0.3 is 5.32 Å². The Labute approximate surface area is 221 Å². The minimum atomic E-state index is -3.92. The lowest BCUT2D eigenvalue weighted by atomic mass is 10.1. The summed E-state index contributed by atoms with van der Waals surface area (Å²) < 4.78 is 29.5. The molecule has 0 atom stereocenters. The summed E-state index contributed by atoms with van der Waals surface area (Å²) in [6.07, 6.45) is 0. The van der Waals surface area contributed by atoms with Gasteiger partial charge in [-0.2, -0.15) is 0 Å². The zero-order valence-corrected chi connectivity index (χ0v) is 22.4. The maximum absolute atomic E-state index is 13.4.